The number of nitrogens with zero attached hydrogens (tertiary/aromatic N) is 3. The number of aromatic hydroxyl groups is 2. The Morgan fingerprint density at radius 2 is 1.94 bits per heavy atom. The summed E-state index contributed by atoms with van der Waals surface area (Å²) < 4.78 is 0. The summed E-state index contributed by atoms with van der Waals surface area (Å²) in [4.78, 5) is 0. The van der Waals surface area contributed by atoms with Gasteiger partial charge in [-0.15, -0.1) is 10.2 Å². The van der Waals surface area contributed by atoms with Crippen molar-refractivity contribution in [3.05, 3.63) is 41.0 Å². The van der Waals surface area contributed by atoms with Crippen molar-refractivity contribution in [3.8, 4) is 11.5 Å². The van der Waals surface area contributed by atoms with Crippen LogP contribution in [0.3, 0.4) is 0 Å². The van der Waals surface area contributed by atoms with Crippen molar-refractivity contribution in [2.45, 2.75) is 0 Å². The molecule has 0 fully saturated rings. The smallest absolute Gasteiger partial charge is 0.168 e. The highest BCUT2D eigenvalue weighted by atomic mass is 35.5. The van der Waals surface area contributed by atoms with E-state index in [0.29, 0.717) is 16.5 Å². The number of aromatic nitrogens is 2. The van der Waals surface area contributed by atoms with Crippen LogP contribution in [0.15, 0.2) is 35.4 Å². The fourth-order valence-corrected chi connectivity index (χ4v) is 1.27. The summed E-state index contributed by atoms with van der Waals surface area (Å²) in [7, 11) is 0. The van der Waals surface area contributed by atoms with Crippen LogP contribution in [-0.2, 0) is 0 Å². The largest absolute Gasteiger partial charge is 0.504 e. The summed E-state index contributed by atoms with van der Waals surface area (Å²) in [6, 6.07) is 7.57. The molecule has 6 nitrogen and oxygen atoms in total. The Labute approximate surface area is 108 Å². The zero-order valence-corrected chi connectivity index (χ0v) is 9.83. The van der Waals surface area contributed by atoms with E-state index >= 15 is 0 Å². The SMILES string of the molecule is Oc1ccc(C=NNc2ccc(Cl)nn2)cc1O. The first-order valence-electron chi connectivity index (χ1n) is 4.95. The molecule has 0 atom stereocenters. The van der Waals surface area contributed by atoms with Crippen LogP contribution in [0, 0.1) is 0 Å². The van der Waals surface area contributed by atoms with E-state index in [2.05, 4.69) is 20.7 Å². The van der Waals surface area contributed by atoms with Gasteiger partial charge in [0.05, 0.1) is 6.21 Å². The van der Waals surface area contributed by atoms with Crippen molar-refractivity contribution in [1.29, 1.82) is 0 Å². The van der Waals surface area contributed by atoms with E-state index in [0.717, 1.165) is 0 Å². The summed E-state index contributed by atoms with van der Waals surface area (Å²) >= 11 is 5.58. The predicted molar refractivity (Wildman–Crippen MR) is 68.0 cm³/mol. The molecule has 7 heteroatoms. The second-order valence-electron chi connectivity index (χ2n) is 3.36. The minimum Gasteiger partial charge on any atom is -0.504 e. The molecular weight excluding hydrogens is 256 g/mol. The predicted octanol–water partition coefficient (Wildman–Crippen LogP) is 1.99. The molecule has 0 amide bonds. The summed E-state index contributed by atoms with van der Waals surface area (Å²) in [6.45, 7) is 0. The second kappa shape index (κ2) is 5.33. The van der Waals surface area contributed by atoms with Gasteiger partial charge in [-0.05, 0) is 35.9 Å². The Morgan fingerprint density at radius 1 is 1.11 bits per heavy atom. The quantitative estimate of drug-likeness (QED) is 0.448. The molecule has 0 saturated carbocycles. The molecule has 0 saturated heterocycles. The number of hydrogen-bond acceptors (Lipinski definition) is 6. The molecule has 0 unspecified atom stereocenters. The lowest BCUT2D eigenvalue weighted by molar-refractivity contribution is 0.403. The molecule has 0 spiro atoms. The first-order valence-corrected chi connectivity index (χ1v) is 5.33. The van der Waals surface area contributed by atoms with Crippen LogP contribution in [0.25, 0.3) is 0 Å². The van der Waals surface area contributed by atoms with Gasteiger partial charge in [0.25, 0.3) is 0 Å². The highest BCUT2D eigenvalue weighted by Gasteiger charge is 1.98. The summed E-state index contributed by atoms with van der Waals surface area (Å²) in [5.74, 6) is 0.0626. The molecule has 2 aromatic rings. The number of hydrazone groups is 1. The molecule has 1 aromatic heterocycles. The minimum absolute atomic E-state index is 0.177. The fourth-order valence-electron chi connectivity index (χ4n) is 1.17. The molecular formula is C11H9ClN4O2. The molecule has 0 bridgehead atoms. The van der Waals surface area contributed by atoms with Crippen LogP contribution in [0.2, 0.25) is 5.15 Å². The summed E-state index contributed by atoms with van der Waals surface area (Å²) in [6.07, 6.45) is 1.47. The van der Waals surface area contributed by atoms with Crippen LogP contribution in [-0.4, -0.2) is 26.6 Å². The number of anilines is 1. The van der Waals surface area contributed by atoms with Gasteiger partial charge in [-0.1, -0.05) is 11.6 Å². The third kappa shape index (κ3) is 3.08. The average molecular weight is 265 g/mol. The maximum atomic E-state index is 9.28. The molecule has 0 radical (unpaired) electrons. The molecule has 1 heterocycles. The average Bonchev–Trinajstić information content (AvgIpc) is 2.36. The Hall–Kier alpha value is -2.34. The van der Waals surface area contributed by atoms with Crippen molar-refractivity contribution in [1.82, 2.24) is 10.2 Å². The zero-order valence-electron chi connectivity index (χ0n) is 9.08. The van der Waals surface area contributed by atoms with Gasteiger partial charge in [-0.2, -0.15) is 5.10 Å². The number of phenolic OH excluding ortho intramolecular Hbond substituents is 2. The zero-order chi connectivity index (χ0) is 13.0. The lowest BCUT2D eigenvalue weighted by Crippen LogP contribution is -1.94. The summed E-state index contributed by atoms with van der Waals surface area (Å²) in [5, 5.41) is 30.0. The van der Waals surface area contributed by atoms with Gasteiger partial charge >= 0.3 is 0 Å². The van der Waals surface area contributed by atoms with Crippen molar-refractivity contribution in [3.63, 3.8) is 0 Å². The van der Waals surface area contributed by atoms with Crippen LogP contribution in [0.4, 0.5) is 5.82 Å². The van der Waals surface area contributed by atoms with Gasteiger partial charge in [0.1, 0.15) is 0 Å². The number of benzene rings is 1. The molecule has 18 heavy (non-hydrogen) atoms. The van der Waals surface area contributed by atoms with E-state index in [4.69, 9.17) is 16.7 Å². The van der Waals surface area contributed by atoms with E-state index < -0.39 is 0 Å². The number of rotatable bonds is 3. The van der Waals surface area contributed by atoms with Crippen LogP contribution in [0.5, 0.6) is 11.5 Å². The first-order chi connectivity index (χ1) is 8.65. The van der Waals surface area contributed by atoms with E-state index in [1.807, 2.05) is 0 Å². The molecule has 3 N–H and O–H groups in total. The molecule has 0 aliphatic heterocycles. The Kier molecular flexibility index (Phi) is 3.59. The van der Waals surface area contributed by atoms with Gasteiger partial charge in [0.2, 0.25) is 0 Å². The second-order valence-corrected chi connectivity index (χ2v) is 3.75. The van der Waals surface area contributed by atoms with Gasteiger partial charge in [-0.3, -0.25) is 5.43 Å². The number of nitrogens with one attached hydrogen (secondary N) is 1. The molecule has 1 aromatic carbocycles. The number of halogens is 1. The Morgan fingerprint density at radius 3 is 2.61 bits per heavy atom. The van der Waals surface area contributed by atoms with Crippen LogP contribution >= 0.6 is 11.6 Å². The monoisotopic (exact) mass is 264 g/mol. The minimum atomic E-state index is -0.203. The Bertz CT molecular complexity index is 572. The Balaban J connectivity index is 2.02. The molecule has 0 aliphatic carbocycles. The van der Waals surface area contributed by atoms with Crippen LogP contribution in [0.1, 0.15) is 5.56 Å². The van der Waals surface area contributed by atoms with Crippen molar-refractivity contribution >= 4 is 23.6 Å². The van der Waals surface area contributed by atoms with E-state index in [-0.39, 0.29) is 11.5 Å². The van der Waals surface area contributed by atoms with E-state index in [9.17, 15) is 5.11 Å². The fraction of sp³-hybridized carbons (Fsp3) is 0. The van der Waals surface area contributed by atoms with E-state index in [1.165, 1.54) is 18.3 Å². The first kappa shape index (κ1) is 12.1. The normalized spacial score (nSPS) is 10.7. The number of hydrogen-bond donors (Lipinski definition) is 3. The van der Waals surface area contributed by atoms with Gasteiger partial charge in [0, 0.05) is 0 Å². The third-order valence-corrected chi connectivity index (χ3v) is 2.23. The summed E-state index contributed by atoms with van der Waals surface area (Å²) in [5.41, 5.74) is 3.27. The maximum absolute atomic E-state index is 9.28. The van der Waals surface area contributed by atoms with Gasteiger partial charge in [0.15, 0.2) is 22.5 Å². The standard InChI is InChI=1S/C11H9ClN4O2/c12-10-3-4-11(16-14-10)15-13-6-7-1-2-8(17)9(18)5-7/h1-6,17-18H,(H,15,16). The molecule has 92 valence electrons. The maximum Gasteiger partial charge on any atom is 0.168 e. The molecule has 2 rings (SSSR count). The van der Waals surface area contributed by atoms with Crippen molar-refractivity contribution in [2.24, 2.45) is 5.10 Å². The highest BCUT2D eigenvalue weighted by molar-refractivity contribution is 6.29. The number of phenols is 2. The molecule has 0 aliphatic rings. The van der Waals surface area contributed by atoms with Crippen LogP contribution < -0.4 is 5.43 Å². The lowest BCUT2D eigenvalue weighted by Gasteiger charge is -1.99. The van der Waals surface area contributed by atoms with Crippen molar-refractivity contribution in [2.75, 3.05) is 5.43 Å². The lowest BCUT2D eigenvalue weighted by atomic mass is 10.2. The van der Waals surface area contributed by atoms with E-state index in [1.54, 1.807) is 18.2 Å². The topological polar surface area (TPSA) is 90.6 Å². The van der Waals surface area contributed by atoms with Gasteiger partial charge < -0.3 is 10.2 Å². The highest BCUT2D eigenvalue weighted by Crippen LogP contribution is 2.23. The van der Waals surface area contributed by atoms with Crippen molar-refractivity contribution < 1.29 is 10.2 Å². The third-order valence-electron chi connectivity index (χ3n) is 2.02. The van der Waals surface area contributed by atoms with Gasteiger partial charge in [-0.25, -0.2) is 0 Å².